The second-order valence-electron chi connectivity index (χ2n) is 2.20. The van der Waals surface area contributed by atoms with Crippen LogP contribution in [0.3, 0.4) is 0 Å². The molecule has 0 aliphatic rings. The smallest absolute Gasteiger partial charge is 0.190 e. The number of rotatable bonds is 2. The quantitative estimate of drug-likeness (QED) is 0.670. The Morgan fingerprint density at radius 1 is 1.36 bits per heavy atom. The predicted molar refractivity (Wildman–Crippen MR) is 44.1 cm³/mol. The van der Waals surface area contributed by atoms with Crippen molar-refractivity contribution in [2.24, 2.45) is 0 Å². The van der Waals surface area contributed by atoms with Crippen molar-refractivity contribution < 1.29 is 9.18 Å². The van der Waals surface area contributed by atoms with Gasteiger partial charge in [0, 0.05) is 6.42 Å². The van der Waals surface area contributed by atoms with E-state index in [9.17, 15) is 9.18 Å². The van der Waals surface area contributed by atoms with E-state index in [0.29, 0.717) is 0 Å². The molecule has 0 heterocycles. The van der Waals surface area contributed by atoms with Crippen LogP contribution in [-0.2, 0) is 11.2 Å². The molecule has 1 rings (SSSR count). The fraction of sp³-hybridized carbons (Fsp3) is 0.125. The minimum atomic E-state index is -0.291. The SMILES string of the molecule is O=C(S)Cc1ccc(F)cc1. The van der Waals surface area contributed by atoms with Gasteiger partial charge in [0.1, 0.15) is 5.82 Å². The number of halogens is 1. The second-order valence-corrected chi connectivity index (χ2v) is 2.70. The summed E-state index contributed by atoms with van der Waals surface area (Å²) in [6, 6.07) is 5.80. The van der Waals surface area contributed by atoms with Crippen LogP contribution in [0.25, 0.3) is 0 Å². The van der Waals surface area contributed by atoms with Crippen LogP contribution in [0.15, 0.2) is 24.3 Å². The molecule has 58 valence electrons. The van der Waals surface area contributed by atoms with Gasteiger partial charge in [-0.25, -0.2) is 4.39 Å². The zero-order valence-corrected chi connectivity index (χ0v) is 6.64. The van der Waals surface area contributed by atoms with E-state index in [4.69, 9.17) is 0 Å². The Morgan fingerprint density at radius 3 is 2.36 bits per heavy atom. The van der Waals surface area contributed by atoms with E-state index in [-0.39, 0.29) is 17.4 Å². The summed E-state index contributed by atoms with van der Waals surface area (Å²) in [6.45, 7) is 0. The average molecular weight is 170 g/mol. The zero-order valence-electron chi connectivity index (χ0n) is 5.75. The summed E-state index contributed by atoms with van der Waals surface area (Å²) in [5, 5.41) is -0.211. The van der Waals surface area contributed by atoms with Gasteiger partial charge in [-0.05, 0) is 17.7 Å². The highest BCUT2D eigenvalue weighted by Gasteiger charge is 1.97. The van der Waals surface area contributed by atoms with E-state index in [1.54, 1.807) is 12.1 Å². The maximum absolute atomic E-state index is 12.3. The van der Waals surface area contributed by atoms with Crippen molar-refractivity contribution >= 4 is 17.7 Å². The van der Waals surface area contributed by atoms with Gasteiger partial charge in [0.15, 0.2) is 5.12 Å². The van der Waals surface area contributed by atoms with Gasteiger partial charge in [0.05, 0.1) is 0 Å². The molecule has 0 amide bonds. The lowest BCUT2D eigenvalue weighted by Gasteiger charge is -1.94. The Morgan fingerprint density at radius 2 is 1.91 bits per heavy atom. The summed E-state index contributed by atoms with van der Waals surface area (Å²) in [5.74, 6) is -0.291. The molecule has 0 N–H and O–H groups in total. The molecular formula is C8H7FOS. The predicted octanol–water partition coefficient (Wildman–Crippen LogP) is 1.82. The van der Waals surface area contributed by atoms with Crippen molar-refractivity contribution in [2.45, 2.75) is 6.42 Å². The molecule has 0 saturated carbocycles. The number of thiol groups is 1. The van der Waals surface area contributed by atoms with Crippen LogP contribution in [0.2, 0.25) is 0 Å². The largest absolute Gasteiger partial charge is 0.287 e. The Kier molecular flexibility index (Phi) is 2.65. The van der Waals surface area contributed by atoms with Crippen molar-refractivity contribution in [1.82, 2.24) is 0 Å². The van der Waals surface area contributed by atoms with Crippen molar-refractivity contribution in [2.75, 3.05) is 0 Å². The summed E-state index contributed by atoms with van der Waals surface area (Å²) in [7, 11) is 0. The van der Waals surface area contributed by atoms with E-state index in [0.717, 1.165) is 5.56 Å². The normalized spacial score (nSPS) is 9.64. The molecular weight excluding hydrogens is 163 g/mol. The van der Waals surface area contributed by atoms with Crippen LogP contribution in [0.1, 0.15) is 5.56 Å². The topological polar surface area (TPSA) is 17.1 Å². The lowest BCUT2D eigenvalue weighted by atomic mass is 10.2. The Balaban J connectivity index is 2.74. The summed E-state index contributed by atoms with van der Waals surface area (Å²) < 4.78 is 12.3. The fourth-order valence-electron chi connectivity index (χ4n) is 0.777. The number of benzene rings is 1. The van der Waals surface area contributed by atoms with Crippen molar-refractivity contribution in [1.29, 1.82) is 0 Å². The highest BCUT2D eigenvalue weighted by atomic mass is 32.1. The van der Waals surface area contributed by atoms with Crippen LogP contribution < -0.4 is 0 Å². The third-order valence-corrected chi connectivity index (χ3v) is 1.43. The third kappa shape index (κ3) is 2.72. The Labute approximate surface area is 69.6 Å². The molecule has 0 aliphatic carbocycles. The van der Waals surface area contributed by atoms with Gasteiger partial charge < -0.3 is 0 Å². The van der Waals surface area contributed by atoms with Gasteiger partial charge in [-0.1, -0.05) is 12.1 Å². The van der Waals surface area contributed by atoms with Gasteiger partial charge in [-0.3, -0.25) is 4.79 Å². The van der Waals surface area contributed by atoms with E-state index < -0.39 is 0 Å². The molecule has 0 radical (unpaired) electrons. The van der Waals surface area contributed by atoms with Gasteiger partial charge in [0.2, 0.25) is 0 Å². The Bertz CT molecular complexity index is 255. The minimum Gasteiger partial charge on any atom is -0.287 e. The zero-order chi connectivity index (χ0) is 8.27. The second kappa shape index (κ2) is 3.53. The molecule has 0 bridgehead atoms. The molecule has 1 aromatic rings. The van der Waals surface area contributed by atoms with Gasteiger partial charge in [-0.2, -0.15) is 0 Å². The first-order chi connectivity index (χ1) is 5.18. The van der Waals surface area contributed by atoms with E-state index in [1.807, 2.05) is 0 Å². The van der Waals surface area contributed by atoms with E-state index in [1.165, 1.54) is 12.1 Å². The molecule has 0 spiro atoms. The first-order valence-corrected chi connectivity index (χ1v) is 3.59. The first kappa shape index (κ1) is 8.27. The third-order valence-electron chi connectivity index (χ3n) is 1.27. The number of carbonyl (C=O) groups excluding carboxylic acids is 1. The standard InChI is InChI=1S/C8H7FOS/c9-7-3-1-6(2-4-7)5-8(10)11/h1-4H,5H2,(H,10,11). The molecule has 1 nitrogen and oxygen atoms in total. The van der Waals surface area contributed by atoms with E-state index >= 15 is 0 Å². The molecule has 1 aromatic carbocycles. The number of hydrogen-bond donors (Lipinski definition) is 1. The van der Waals surface area contributed by atoms with Crippen molar-refractivity contribution in [3.63, 3.8) is 0 Å². The van der Waals surface area contributed by atoms with Crippen molar-refractivity contribution in [3.8, 4) is 0 Å². The van der Waals surface area contributed by atoms with Gasteiger partial charge >= 0.3 is 0 Å². The summed E-state index contributed by atoms with van der Waals surface area (Å²) in [4.78, 5) is 10.5. The maximum atomic E-state index is 12.3. The highest BCUT2D eigenvalue weighted by Crippen LogP contribution is 2.04. The summed E-state index contributed by atoms with van der Waals surface area (Å²) in [6.07, 6.45) is 0.253. The molecule has 0 saturated heterocycles. The lowest BCUT2D eigenvalue weighted by molar-refractivity contribution is -0.110. The monoisotopic (exact) mass is 170 g/mol. The van der Waals surface area contributed by atoms with Crippen LogP contribution in [-0.4, -0.2) is 5.12 Å². The van der Waals surface area contributed by atoms with Gasteiger partial charge in [0.25, 0.3) is 0 Å². The van der Waals surface area contributed by atoms with Gasteiger partial charge in [-0.15, -0.1) is 12.6 Å². The van der Waals surface area contributed by atoms with Crippen LogP contribution >= 0.6 is 12.6 Å². The summed E-state index contributed by atoms with van der Waals surface area (Å²) in [5.41, 5.74) is 0.784. The lowest BCUT2D eigenvalue weighted by Crippen LogP contribution is -1.92. The van der Waals surface area contributed by atoms with Crippen molar-refractivity contribution in [3.05, 3.63) is 35.6 Å². The average Bonchev–Trinajstić information content (AvgIpc) is 1.93. The highest BCUT2D eigenvalue weighted by molar-refractivity contribution is 7.96. The number of hydrogen-bond acceptors (Lipinski definition) is 1. The first-order valence-electron chi connectivity index (χ1n) is 3.15. The minimum absolute atomic E-state index is 0.211. The molecule has 0 unspecified atom stereocenters. The van der Waals surface area contributed by atoms with E-state index in [2.05, 4.69) is 12.6 Å². The maximum Gasteiger partial charge on any atom is 0.190 e. The molecule has 0 fully saturated rings. The summed E-state index contributed by atoms with van der Waals surface area (Å²) >= 11 is 3.60. The van der Waals surface area contributed by atoms with Crippen LogP contribution in [0.5, 0.6) is 0 Å². The molecule has 0 aromatic heterocycles. The number of carbonyl (C=O) groups is 1. The fourth-order valence-corrected chi connectivity index (χ4v) is 0.959. The molecule has 11 heavy (non-hydrogen) atoms. The molecule has 3 heteroatoms. The molecule has 0 atom stereocenters. The van der Waals surface area contributed by atoms with Crippen LogP contribution in [0.4, 0.5) is 4.39 Å². The molecule has 0 aliphatic heterocycles. The Hall–Kier alpha value is -0.830. The van der Waals surface area contributed by atoms with Crippen LogP contribution in [0, 0.1) is 5.82 Å².